The standard InChI is InChI=1S/C13H22O3/c1-3-15-13(14)8-5-9-16-12-7-4-6-11(2)10-12/h5,8,11-12H,3-4,6-7,9-10H2,1-2H3/b8-5+. The largest absolute Gasteiger partial charge is 0.463 e. The lowest BCUT2D eigenvalue weighted by atomic mass is 9.89. The van der Waals surface area contributed by atoms with Gasteiger partial charge in [0.25, 0.3) is 0 Å². The smallest absolute Gasteiger partial charge is 0.330 e. The predicted molar refractivity (Wildman–Crippen MR) is 63.1 cm³/mol. The third-order valence-corrected chi connectivity index (χ3v) is 2.86. The van der Waals surface area contributed by atoms with E-state index in [0.717, 1.165) is 18.8 Å². The molecule has 0 aromatic carbocycles. The molecule has 0 spiro atoms. The van der Waals surface area contributed by atoms with Crippen LogP contribution in [0.15, 0.2) is 12.2 Å². The summed E-state index contributed by atoms with van der Waals surface area (Å²) < 4.78 is 10.5. The van der Waals surface area contributed by atoms with Crippen LogP contribution in [-0.4, -0.2) is 25.3 Å². The average Bonchev–Trinajstić information content (AvgIpc) is 2.25. The first-order chi connectivity index (χ1) is 7.72. The SMILES string of the molecule is CCOC(=O)/C=C/COC1CCCC(C)C1. The van der Waals surface area contributed by atoms with Crippen molar-refractivity contribution in [2.45, 2.75) is 45.6 Å². The van der Waals surface area contributed by atoms with E-state index in [1.807, 2.05) is 0 Å². The van der Waals surface area contributed by atoms with Crippen molar-refractivity contribution in [2.24, 2.45) is 5.92 Å². The number of hydrogen-bond acceptors (Lipinski definition) is 3. The maximum Gasteiger partial charge on any atom is 0.330 e. The van der Waals surface area contributed by atoms with Gasteiger partial charge in [0.2, 0.25) is 0 Å². The molecule has 2 atom stereocenters. The summed E-state index contributed by atoms with van der Waals surface area (Å²) in [6.07, 6.45) is 8.42. The molecule has 0 N–H and O–H groups in total. The van der Waals surface area contributed by atoms with Crippen LogP contribution in [0, 0.1) is 5.92 Å². The minimum absolute atomic E-state index is 0.289. The highest BCUT2D eigenvalue weighted by Crippen LogP contribution is 2.25. The average molecular weight is 226 g/mol. The third kappa shape index (κ3) is 5.31. The van der Waals surface area contributed by atoms with Crippen LogP contribution in [0.1, 0.15) is 39.5 Å². The fourth-order valence-corrected chi connectivity index (χ4v) is 2.06. The lowest BCUT2D eigenvalue weighted by Gasteiger charge is -2.26. The van der Waals surface area contributed by atoms with Crippen molar-refractivity contribution in [1.82, 2.24) is 0 Å². The summed E-state index contributed by atoms with van der Waals surface area (Å²) in [5, 5.41) is 0. The Hall–Kier alpha value is -0.830. The van der Waals surface area contributed by atoms with Crippen molar-refractivity contribution < 1.29 is 14.3 Å². The van der Waals surface area contributed by atoms with Crippen molar-refractivity contribution in [3.63, 3.8) is 0 Å². The van der Waals surface area contributed by atoms with Gasteiger partial charge in [-0.25, -0.2) is 4.79 Å². The van der Waals surface area contributed by atoms with E-state index < -0.39 is 0 Å². The molecular formula is C13H22O3. The maximum absolute atomic E-state index is 11.0. The van der Waals surface area contributed by atoms with E-state index in [0.29, 0.717) is 19.3 Å². The molecule has 1 aliphatic carbocycles. The van der Waals surface area contributed by atoms with Crippen LogP contribution >= 0.6 is 0 Å². The first-order valence-corrected chi connectivity index (χ1v) is 6.17. The second kappa shape index (κ2) is 7.44. The molecule has 92 valence electrons. The fraction of sp³-hybridized carbons (Fsp3) is 0.769. The van der Waals surface area contributed by atoms with Gasteiger partial charge in [-0.3, -0.25) is 0 Å². The molecule has 0 amide bonds. The van der Waals surface area contributed by atoms with Gasteiger partial charge in [0.05, 0.1) is 19.3 Å². The van der Waals surface area contributed by atoms with Gasteiger partial charge in [-0.1, -0.05) is 25.8 Å². The molecule has 1 fully saturated rings. The number of ether oxygens (including phenoxy) is 2. The summed E-state index contributed by atoms with van der Waals surface area (Å²) >= 11 is 0. The monoisotopic (exact) mass is 226 g/mol. The lowest BCUT2D eigenvalue weighted by molar-refractivity contribution is -0.137. The first kappa shape index (κ1) is 13.2. The molecule has 2 unspecified atom stereocenters. The zero-order valence-corrected chi connectivity index (χ0v) is 10.3. The van der Waals surface area contributed by atoms with Crippen molar-refractivity contribution in [3.8, 4) is 0 Å². The summed E-state index contributed by atoms with van der Waals surface area (Å²) in [4.78, 5) is 11.0. The molecule has 0 radical (unpaired) electrons. The van der Waals surface area contributed by atoms with Crippen molar-refractivity contribution in [2.75, 3.05) is 13.2 Å². The van der Waals surface area contributed by atoms with Crippen LogP contribution in [0.25, 0.3) is 0 Å². The lowest BCUT2D eigenvalue weighted by Crippen LogP contribution is -2.21. The van der Waals surface area contributed by atoms with Crippen LogP contribution in [-0.2, 0) is 14.3 Å². The van der Waals surface area contributed by atoms with E-state index >= 15 is 0 Å². The van der Waals surface area contributed by atoms with E-state index in [2.05, 4.69) is 6.92 Å². The normalized spacial score (nSPS) is 25.9. The molecule has 0 aliphatic heterocycles. The Morgan fingerprint density at radius 3 is 2.94 bits per heavy atom. The molecular weight excluding hydrogens is 204 g/mol. The summed E-state index contributed by atoms with van der Waals surface area (Å²) in [6, 6.07) is 0. The highest BCUT2D eigenvalue weighted by Gasteiger charge is 2.18. The zero-order chi connectivity index (χ0) is 11.8. The summed E-state index contributed by atoms with van der Waals surface area (Å²) in [6.45, 7) is 5.00. The predicted octanol–water partition coefficient (Wildman–Crippen LogP) is 2.70. The number of rotatable bonds is 5. The van der Waals surface area contributed by atoms with Gasteiger partial charge in [0.15, 0.2) is 0 Å². The Labute approximate surface area is 97.8 Å². The van der Waals surface area contributed by atoms with Crippen molar-refractivity contribution in [3.05, 3.63) is 12.2 Å². The molecule has 0 aromatic rings. The van der Waals surface area contributed by atoms with E-state index in [4.69, 9.17) is 9.47 Å². The summed E-state index contributed by atoms with van der Waals surface area (Å²) in [7, 11) is 0. The number of esters is 1. The molecule has 1 aliphatic rings. The van der Waals surface area contributed by atoms with Crippen LogP contribution < -0.4 is 0 Å². The van der Waals surface area contributed by atoms with Crippen LogP contribution in [0.2, 0.25) is 0 Å². The summed E-state index contributed by atoms with van der Waals surface area (Å²) in [5.74, 6) is 0.482. The Kier molecular flexibility index (Phi) is 6.16. The highest BCUT2D eigenvalue weighted by atomic mass is 16.5. The Morgan fingerprint density at radius 1 is 1.44 bits per heavy atom. The quantitative estimate of drug-likeness (QED) is 0.534. The number of carbonyl (C=O) groups excluding carboxylic acids is 1. The molecule has 3 heteroatoms. The maximum atomic E-state index is 11.0. The van der Waals surface area contributed by atoms with Gasteiger partial charge >= 0.3 is 5.97 Å². The molecule has 0 saturated heterocycles. The van der Waals surface area contributed by atoms with E-state index in [1.165, 1.54) is 18.9 Å². The van der Waals surface area contributed by atoms with E-state index in [1.54, 1.807) is 13.0 Å². The second-order valence-corrected chi connectivity index (χ2v) is 4.38. The topological polar surface area (TPSA) is 35.5 Å². The summed E-state index contributed by atoms with van der Waals surface area (Å²) in [5.41, 5.74) is 0. The van der Waals surface area contributed by atoms with E-state index in [-0.39, 0.29) is 5.97 Å². The van der Waals surface area contributed by atoms with Gasteiger partial charge in [-0.05, 0) is 25.7 Å². The molecule has 0 bridgehead atoms. The molecule has 0 heterocycles. The van der Waals surface area contributed by atoms with Crippen molar-refractivity contribution in [1.29, 1.82) is 0 Å². The third-order valence-electron chi connectivity index (χ3n) is 2.86. The molecule has 3 nitrogen and oxygen atoms in total. The molecule has 0 aromatic heterocycles. The number of hydrogen-bond donors (Lipinski definition) is 0. The first-order valence-electron chi connectivity index (χ1n) is 6.17. The minimum Gasteiger partial charge on any atom is -0.463 e. The van der Waals surface area contributed by atoms with Gasteiger partial charge in [0, 0.05) is 6.08 Å². The van der Waals surface area contributed by atoms with Gasteiger partial charge < -0.3 is 9.47 Å². The molecule has 1 saturated carbocycles. The Morgan fingerprint density at radius 2 is 2.25 bits per heavy atom. The zero-order valence-electron chi connectivity index (χ0n) is 10.3. The Bertz CT molecular complexity index is 235. The van der Waals surface area contributed by atoms with Gasteiger partial charge in [-0.15, -0.1) is 0 Å². The van der Waals surface area contributed by atoms with Crippen LogP contribution in [0.4, 0.5) is 0 Å². The minimum atomic E-state index is -0.289. The number of carbonyl (C=O) groups is 1. The highest BCUT2D eigenvalue weighted by molar-refractivity contribution is 5.81. The molecule has 1 rings (SSSR count). The van der Waals surface area contributed by atoms with Crippen molar-refractivity contribution >= 4 is 5.97 Å². The van der Waals surface area contributed by atoms with Crippen LogP contribution in [0.3, 0.4) is 0 Å². The Balaban J connectivity index is 2.12. The van der Waals surface area contributed by atoms with Crippen LogP contribution in [0.5, 0.6) is 0 Å². The second-order valence-electron chi connectivity index (χ2n) is 4.38. The van der Waals surface area contributed by atoms with Gasteiger partial charge in [-0.2, -0.15) is 0 Å². The van der Waals surface area contributed by atoms with E-state index in [9.17, 15) is 4.79 Å². The fourth-order valence-electron chi connectivity index (χ4n) is 2.06. The molecule has 16 heavy (non-hydrogen) atoms. The van der Waals surface area contributed by atoms with Gasteiger partial charge in [0.1, 0.15) is 0 Å².